The molecule has 1 atom stereocenters. The van der Waals surface area contributed by atoms with E-state index in [-0.39, 0.29) is 25.2 Å². The fraction of sp³-hybridized carbons (Fsp3) is 0.400. The number of carbonyl (C=O) groups is 1. The van der Waals surface area contributed by atoms with Crippen LogP contribution in [0.15, 0.2) is 28.2 Å². The van der Waals surface area contributed by atoms with Crippen molar-refractivity contribution in [2.24, 2.45) is 0 Å². The number of fused-ring (bicyclic) bond motifs is 1. The van der Waals surface area contributed by atoms with Crippen molar-refractivity contribution in [3.63, 3.8) is 0 Å². The highest BCUT2D eigenvalue weighted by atomic mass is 79.9. The summed E-state index contributed by atoms with van der Waals surface area (Å²) in [6.07, 6.45) is 1.57. The second-order valence-corrected chi connectivity index (χ2v) is 5.98. The summed E-state index contributed by atoms with van der Waals surface area (Å²) in [4.78, 5) is 14.2. The summed E-state index contributed by atoms with van der Waals surface area (Å²) in [6, 6.07) is 5.72. The van der Waals surface area contributed by atoms with Crippen LogP contribution >= 0.6 is 15.9 Å². The predicted molar refractivity (Wildman–Crippen MR) is 81.0 cm³/mol. The van der Waals surface area contributed by atoms with Crippen molar-refractivity contribution in [3.8, 4) is 5.75 Å². The maximum atomic E-state index is 12.5. The Hall–Kier alpha value is -1.37. The molecule has 0 aromatic heterocycles. The van der Waals surface area contributed by atoms with Gasteiger partial charge in [-0.25, -0.2) is 0 Å². The van der Waals surface area contributed by atoms with Crippen LogP contribution < -0.4 is 4.74 Å². The van der Waals surface area contributed by atoms with Gasteiger partial charge >= 0.3 is 0 Å². The number of carbonyl (C=O) groups excluding carboxylic acids is 1. The quantitative estimate of drug-likeness (QED) is 0.873. The van der Waals surface area contributed by atoms with Crippen LogP contribution in [0.2, 0.25) is 0 Å². The zero-order chi connectivity index (χ0) is 14.8. The highest BCUT2D eigenvalue weighted by Gasteiger charge is 2.27. The van der Waals surface area contributed by atoms with E-state index >= 15 is 0 Å². The van der Waals surface area contributed by atoms with Gasteiger partial charge in [-0.05, 0) is 24.3 Å². The number of aliphatic hydroxyl groups excluding tert-OH is 1. The molecular weight excluding hydrogens is 338 g/mol. The van der Waals surface area contributed by atoms with Crippen LogP contribution in [0, 0.1) is 0 Å². The van der Waals surface area contributed by atoms with Crippen LogP contribution in [0.5, 0.6) is 5.75 Å². The summed E-state index contributed by atoms with van der Waals surface area (Å²) >= 11 is 3.42. The Labute approximate surface area is 131 Å². The molecule has 2 heterocycles. The Balaban J connectivity index is 1.79. The third-order valence-corrected chi connectivity index (χ3v) is 4.08. The second-order valence-electron chi connectivity index (χ2n) is 5.07. The van der Waals surface area contributed by atoms with Crippen LogP contribution in [0.4, 0.5) is 0 Å². The number of aliphatic hydroxyl groups is 1. The van der Waals surface area contributed by atoms with Crippen molar-refractivity contribution in [2.75, 3.05) is 32.9 Å². The molecule has 2 aliphatic rings. The minimum Gasteiger partial charge on any atom is -0.488 e. The Bertz CT molecular complexity index is 587. The Kier molecular flexibility index (Phi) is 4.28. The average molecular weight is 354 g/mol. The van der Waals surface area contributed by atoms with Crippen LogP contribution in [0.3, 0.4) is 0 Å². The van der Waals surface area contributed by atoms with Crippen molar-refractivity contribution in [1.29, 1.82) is 0 Å². The molecule has 1 amide bonds. The van der Waals surface area contributed by atoms with E-state index in [2.05, 4.69) is 15.9 Å². The maximum Gasteiger partial charge on any atom is 0.253 e. The van der Waals surface area contributed by atoms with E-state index in [0.717, 1.165) is 15.8 Å². The third kappa shape index (κ3) is 3.12. The monoisotopic (exact) mass is 353 g/mol. The molecule has 112 valence electrons. The van der Waals surface area contributed by atoms with E-state index in [9.17, 15) is 4.79 Å². The molecule has 21 heavy (non-hydrogen) atoms. The normalized spacial score (nSPS) is 21.3. The molecule has 0 saturated carbocycles. The highest BCUT2D eigenvalue weighted by Crippen LogP contribution is 2.29. The van der Waals surface area contributed by atoms with E-state index in [1.807, 2.05) is 24.3 Å². The summed E-state index contributed by atoms with van der Waals surface area (Å²) < 4.78 is 12.0. The van der Waals surface area contributed by atoms with Gasteiger partial charge in [0.05, 0.1) is 24.9 Å². The van der Waals surface area contributed by atoms with Gasteiger partial charge < -0.3 is 19.5 Å². The minimum absolute atomic E-state index is 0.0534. The zero-order valence-electron chi connectivity index (χ0n) is 11.4. The number of hydrogen-bond donors (Lipinski definition) is 1. The van der Waals surface area contributed by atoms with Gasteiger partial charge in [0.2, 0.25) is 0 Å². The first-order chi connectivity index (χ1) is 10.2. The molecular formula is C15H16BrNO4. The van der Waals surface area contributed by atoms with Gasteiger partial charge in [0.1, 0.15) is 12.4 Å². The van der Waals surface area contributed by atoms with Crippen LogP contribution in [-0.2, 0) is 9.53 Å². The number of rotatable bonds is 2. The molecule has 3 rings (SSSR count). The molecule has 0 spiro atoms. The largest absolute Gasteiger partial charge is 0.488 e. The SMILES string of the molecule is O=C(C1=Cc2cc(Br)ccc2OC1)N1CCOC(CO)C1. The molecule has 1 unspecified atom stereocenters. The standard InChI is InChI=1S/C15H16BrNO4/c16-12-1-2-14-10(6-12)5-11(9-21-14)15(19)17-3-4-20-13(7-17)8-18/h1-2,5-6,13,18H,3-4,7-9H2. The lowest BCUT2D eigenvalue weighted by molar-refractivity contribution is -0.136. The van der Waals surface area contributed by atoms with Gasteiger partial charge in [-0.3, -0.25) is 4.79 Å². The molecule has 0 radical (unpaired) electrons. The van der Waals surface area contributed by atoms with Crippen LogP contribution in [-0.4, -0.2) is 54.9 Å². The number of amides is 1. The Morgan fingerprint density at radius 1 is 1.48 bits per heavy atom. The first-order valence-corrected chi connectivity index (χ1v) is 7.61. The molecule has 6 heteroatoms. The molecule has 1 fully saturated rings. The average Bonchev–Trinajstić information content (AvgIpc) is 2.53. The van der Waals surface area contributed by atoms with Gasteiger partial charge in [0.15, 0.2) is 0 Å². The molecule has 2 aliphatic heterocycles. The summed E-state index contributed by atoms with van der Waals surface area (Å²) in [7, 11) is 0. The minimum atomic E-state index is -0.297. The molecule has 1 saturated heterocycles. The van der Waals surface area contributed by atoms with E-state index < -0.39 is 0 Å². The zero-order valence-corrected chi connectivity index (χ0v) is 13.0. The molecule has 1 aromatic rings. The first-order valence-electron chi connectivity index (χ1n) is 6.82. The van der Waals surface area contributed by atoms with Crippen molar-refractivity contribution in [3.05, 3.63) is 33.8 Å². The van der Waals surface area contributed by atoms with Crippen LogP contribution in [0.25, 0.3) is 6.08 Å². The van der Waals surface area contributed by atoms with Crippen molar-refractivity contribution >= 4 is 27.9 Å². The Morgan fingerprint density at radius 3 is 3.14 bits per heavy atom. The smallest absolute Gasteiger partial charge is 0.253 e. The van der Waals surface area contributed by atoms with Gasteiger partial charge in [-0.1, -0.05) is 15.9 Å². The van der Waals surface area contributed by atoms with E-state index in [4.69, 9.17) is 14.6 Å². The second kappa shape index (κ2) is 6.17. The fourth-order valence-corrected chi connectivity index (χ4v) is 2.87. The van der Waals surface area contributed by atoms with Crippen molar-refractivity contribution in [2.45, 2.75) is 6.10 Å². The maximum absolute atomic E-state index is 12.5. The molecule has 1 N–H and O–H groups in total. The number of halogens is 1. The summed E-state index contributed by atoms with van der Waals surface area (Å²) in [5.41, 5.74) is 1.52. The van der Waals surface area contributed by atoms with Gasteiger partial charge in [-0.15, -0.1) is 0 Å². The molecule has 1 aromatic carbocycles. The number of hydrogen-bond acceptors (Lipinski definition) is 4. The molecule has 5 nitrogen and oxygen atoms in total. The fourth-order valence-electron chi connectivity index (χ4n) is 2.49. The van der Waals surface area contributed by atoms with Crippen molar-refractivity contribution < 1.29 is 19.4 Å². The Morgan fingerprint density at radius 2 is 2.33 bits per heavy atom. The lowest BCUT2D eigenvalue weighted by Gasteiger charge is -2.33. The van der Waals surface area contributed by atoms with Gasteiger partial charge in [0.25, 0.3) is 5.91 Å². The number of nitrogens with zero attached hydrogens (tertiary/aromatic N) is 1. The summed E-state index contributed by atoms with van der Waals surface area (Å²) in [5.74, 6) is 0.729. The first kappa shape index (κ1) is 14.6. The topological polar surface area (TPSA) is 59.0 Å². The third-order valence-electron chi connectivity index (χ3n) is 3.59. The number of morpholine rings is 1. The lowest BCUT2D eigenvalue weighted by atomic mass is 10.1. The van der Waals surface area contributed by atoms with E-state index in [0.29, 0.717) is 25.3 Å². The number of benzene rings is 1. The van der Waals surface area contributed by atoms with Gasteiger partial charge in [0, 0.05) is 23.1 Å². The predicted octanol–water partition coefficient (Wildman–Crippen LogP) is 1.44. The lowest BCUT2D eigenvalue weighted by Crippen LogP contribution is -2.47. The van der Waals surface area contributed by atoms with Gasteiger partial charge in [-0.2, -0.15) is 0 Å². The van der Waals surface area contributed by atoms with Crippen molar-refractivity contribution in [1.82, 2.24) is 4.90 Å². The molecule has 0 bridgehead atoms. The number of ether oxygens (including phenoxy) is 2. The molecule has 0 aliphatic carbocycles. The summed E-state index contributed by atoms with van der Waals surface area (Å²) in [6.45, 7) is 1.60. The van der Waals surface area contributed by atoms with Crippen LogP contribution in [0.1, 0.15) is 5.56 Å². The summed E-state index contributed by atoms with van der Waals surface area (Å²) in [5, 5.41) is 9.15. The van der Waals surface area contributed by atoms with E-state index in [1.165, 1.54) is 0 Å². The van der Waals surface area contributed by atoms with E-state index in [1.54, 1.807) is 4.90 Å². The highest BCUT2D eigenvalue weighted by molar-refractivity contribution is 9.10.